The smallest absolute Gasteiger partial charge is 0.268 e. The first-order chi connectivity index (χ1) is 13.9. The maximum atomic E-state index is 13.0. The van der Waals surface area contributed by atoms with Crippen LogP contribution in [0.25, 0.3) is 0 Å². The number of benzene rings is 1. The quantitative estimate of drug-likeness (QED) is 0.594. The minimum Gasteiger partial charge on any atom is -0.373 e. The molecule has 1 amide bonds. The Morgan fingerprint density at radius 3 is 2.13 bits per heavy atom. The Balaban J connectivity index is 1.81. The van der Waals surface area contributed by atoms with Gasteiger partial charge in [0.15, 0.2) is 9.84 Å². The first kappa shape index (κ1) is 23.1. The van der Waals surface area contributed by atoms with Gasteiger partial charge < -0.3 is 4.74 Å². The fraction of sp³-hybridized carbons (Fsp3) is 0.632. The van der Waals surface area contributed by atoms with Crippen LogP contribution in [0.5, 0.6) is 0 Å². The molecule has 1 aromatic carbocycles. The molecule has 3 atom stereocenters. The molecule has 0 spiro atoms. The van der Waals surface area contributed by atoms with Gasteiger partial charge in [0, 0.05) is 32.7 Å². The van der Waals surface area contributed by atoms with Crippen molar-refractivity contribution in [1.82, 2.24) is 14.3 Å². The van der Waals surface area contributed by atoms with E-state index in [1.807, 2.05) is 13.8 Å². The van der Waals surface area contributed by atoms with Crippen molar-refractivity contribution in [2.45, 2.75) is 43.4 Å². The van der Waals surface area contributed by atoms with Crippen molar-refractivity contribution in [1.29, 1.82) is 0 Å². The molecule has 2 aliphatic heterocycles. The van der Waals surface area contributed by atoms with Gasteiger partial charge in [-0.2, -0.15) is 4.31 Å². The molecule has 1 aromatic rings. The van der Waals surface area contributed by atoms with E-state index in [4.69, 9.17) is 4.74 Å². The predicted octanol–water partition coefficient (Wildman–Crippen LogP) is 0.590. The molecule has 30 heavy (non-hydrogen) atoms. The van der Waals surface area contributed by atoms with Gasteiger partial charge in [-0.05, 0) is 44.5 Å². The van der Waals surface area contributed by atoms with Crippen molar-refractivity contribution in [3.8, 4) is 0 Å². The Morgan fingerprint density at radius 1 is 1.10 bits per heavy atom. The zero-order chi connectivity index (χ0) is 22.3. The van der Waals surface area contributed by atoms with Crippen LogP contribution in [0.1, 0.15) is 30.6 Å². The lowest BCUT2D eigenvalue weighted by Gasteiger charge is -2.34. The number of sulfone groups is 1. The highest BCUT2D eigenvalue weighted by molar-refractivity contribution is 7.91. The van der Waals surface area contributed by atoms with Gasteiger partial charge in [0.25, 0.3) is 5.91 Å². The van der Waals surface area contributed by atoms with Gasteiger partial charge in [-0.1, -0.05) is 0 Å². The SMILES string of the molecule is C[C@@H]1CN(S(=O)(=O)c2ccc(C(=O)N([C@H]3CCS(=O)(=O)C3)N(C)C)cc2)C[C@@H](C)O1. The molecule has 0 bridgehead atoms. The topological polar surface area (TPSA) is 104 Å². The molecule has 0 aromatic heterocycles. The second kappa shape index (κ2) is 8.54. The fourth-order valence-electron chi connectivity index (χ4n) is 4.02. The summed E-state index contributed by atoms with van der Waals surface area (Å²) in [5.41, 5.74) is 0.302. The van der Waals surface area contributed by atoms with Gasteiger partial charge in [0.2, 0.25) is 10.0 Å². The Labute approximate surface area is 178 Å². The summed E-state index contributed by atoms with van der Waals surface area (Å²) in [6.45, 7) is 4.22. The minimum absolute atomic E-state index is 0.0584. The fourth-order valence-corrected chi connectivity index (χ4v) is 7.30. The Kier molecular flexibility index (Phi) is 6.59. The van der Waals surface area contributed by atoms with Crippen molar-refractivity contribution >= 4 is 25.8 Å². The molecule has 0 N–H and O–H groups in total. The first-order valence-corrected chi connectivity index (χ1v) is 13.1. The third-order valence-electron chi connectivity index (χ3n) is 5.32. The van der Waals surface area contributed by atoms with E-state index in [0.29, 0.717) is 12.0 Å². The molecule has 0 radical (unpaired) electrons. The number of ether oxygens (including phenoxy) is 1. The van der Waals surface area contributed by atoms with E-state index in [1.54, 1.807) is 19.1 Å². The number of hydrogen-bond donors (Lipinski definition) is 0. The lowest BCUT2D eigenvalue weighted by Crippen LogP contribution is -2.49. The average Bonchev–Trinajstić information content (AvgIpc) is 3.00. The van der Waals surface area contributed by atoms with Gasteiger partial charge in [-0.15, -0.1) is 0 Å². The molecule has 11 heteroatoms. The number of sulfonamides is 1. The van der Waals surface area contributed by atoms with Crippen LogP contribution in [-0.4, -0.2) is 94.0 Å². The molecule has 2 heterocycles. The standard InChI is InChI=1S/C19H29N3O6S2/c1-14-11-21(12-15(2)28-14)30(26,27)18-7-5-16(6-8-18)19(23)22(20(3)4)17-9-10-29(24,25)13-17/h5-8,14-15,17H,9-13H2,1-4H3/t14-,15-,17+/m1/s1. The summed E-state index contributed by atoms with van der Waals surface area (Å²) in [7, 11) is -3.49. The molecule has 9 nitrogen and oxygen atoms in total. The van der Waals surface area contributed by atoms with Gasteiger partial charge in [-0.25, -0.2) is 21.8 Å². The highest BCUT2D eigenvalue weighted by Gasteiger charge is 2.37. The molecular formula is C19H29N3O6S2. The normalized spacial score (nSPS) is 27.3. The summed E-state index contributed by atoms with van der Waals surface area (Å²) in [5, 5.41) is 3.01. The van der Waals surface area contributed by atoms with E-state index in [1.165, 1.54) is 33.6 Å². The van der Waals surface area contributed by atoms with E-state index in [9.17, 15) is 21.6 Å². The lowest BCUT2D eigenvalue weighted by atomic mass is 10.1. The van der Waals surface area contributed by atoms with Crippen molar-refractivity contribution in [2.24, 2.45) is 0 Å². The number of morpholine rings is 1. The summed E-state index contributed by atoms with van der Waals surface area (Å²) >= 11 is 0. The lowest BCUT2D eigenvalue weighted by molar-refractivity contribution is -0.0440. The van der Waals surface area contributed by atoms with E-state index < -0.39 is 25.9 Å². The molecule has 168 valence electrons. The monoisotopic (exact) mass is 459 g/mol. The summed E-state index contributed by atoms with van der Waals surface area (Å²) in [6.07, 6.45) is -0.00650. The zero-order valence-electron chi connectivity index (χ0n) is 17.7. The average molecular weight is 460 g/mol. The van der Waals surface area contributed by atoms with Crippen molar-refractivity contribution in [3.05, 3.63) is 29.8 Å². The third-order valence-corrected chi connectivity index (χ3v) is 8.91. The van der Waals surface area contributed by atoms with Crippen LogP contribution in [-0.2, 0) is 24.6 Å². The van der Waals surface area contributed by atoms with Crippen molar-refractivity contribution in [3.63, 3.8) is 0 Å². The predicted molar refractivity (Wildman–Crippen MR) is 112 cm³/mol. The first-order valence-electron chi connectivity index (χ1n) is 9.87. The number of rotatable bonds is 5. The van der Waals surface area contributed by atoms with Crippen LogP contribution < -0.4 is 0 Å². The second-order valence-electron chi connectivity index (χ2n) is 8.16. The van der Waals surface area contributed by atoms with Crippen molar-refractivity contribution in [2.75, 3.05) is 38.7 Å². The molecule has 0 aliphatic carbocycles. The minimum atomic E-state index is -3.70. The van der Waals surface area contributed by atoms with Crippen molar-refractivity contribution < 1.29 is 26.4 Å². The van der Waals surface area contributed by atoms with Crippen LogP contribution in [0.15, 0.2) is 29.2 Å². The van der Waals surface area contributed by atoms with E-state index in [0.717, 1.165) is 0 Å². The molecule has 3 rings (SSSR count). The van der Waals surface area contributed by atoms with Gasteiger partial charge in [0.1, 0.15) is 0 Å². The van der Waals surface area contributed by atoms with E-state index in [2.05, 4.69) is 0 Å². The van der Waals surface area contributed by atoms with E-state index >= 15 is 0 Å². The molecule has 2 saturated heterocycles. The van der Waals surface area contributed by atoms with Crippen LogP contribution >= 0.6 is 0 Å². The molecule has 2 fully saturated rings. The highest BCUT2D eigenvalue weighted by Crippen LogP contribution is 2.24. The van der Waals surface area contributed by atoms with Crippen LogP contribution in [0.3, 0.4) is 0 Å². The largest absolute Gasteiger partial charge is 0.373 e. The Morgan fingerprint density at radius 2 is 1.67 bits per heavy atom. The summed E-state index contributed by atoms with van der Waals surface area (Å²) in [4.78, 5) is 13.2. The van der Waals surface area contributed by atoms with Crippen LogP contribution in [0.2, 0.25) is 0 Å². The number of hydrazine groups is 1. The van der Waals surface area contributed by atoms with Gasteiger partial charge >= 0.3 is 0 Å². The molecule has 0 unspecified atom stereocenters. The summed E-state index contributed by atoms with van der Waals surface area (Å²) in [6, 6.07) is 5.36. The number of carbonyl (C=O) groups excluding carboxylic acids is 1. The second-order valence-corrected chi connectivity index (χ2v) is 12.3. The number of carbonyl (C=O) groups is 1. The Bertz CT molecular complexity index is 982. The third kappa shape index (κ3) is 4.86. The summed E-state index contributed by atoms with van der Waals surface area (Å²) in [5.74, 6) is -0.376. The molecular weight excluding hydrogens is 430 g/mol. The zero-order valence-corrected chi connectivity index (χ0v) is 19.3. The summed E-state index contributed by atoms with van der Waals surface area (Å²) < 4.78 is 56.7. The van der Waals surface area contributed by atoms with Gasteiger partial charge in [0.05, 0.1) is 34.7 Å². The maximum Gasteiger partial charge on any atom is 0.268 e. The Hall–Kier alpha value is -1.53. The number of hydrogen-bond acceptors (Lipinski definition) is 7. The molecule has 0 saturated carbocycles. The highest BCUT2D eigenvalue weighted by atomic mass is 32.2. The van der Waals surface area contributed by atoms with Crippen LogP contribution in [0.4, 0.5) is 0 Å². The number of amides is 1. The number of nitrogens with zero attached hydrogens (tertiary/aromatic N) is 3. The molecule has 2 aliphatic rings. The maximum absolute atomic E-state index is 13.0. The van der Waals surface area contributed by atoms with Crippen LogP contribution in [0, 0.1) is 0 Å². The van der Waals surface area contributed by atoms with Gasteiger partial charge in [-0.3, -0.25) is 9.80 Å². The van der Waals surface area contributed by atoms with E-state index in [-0.39, 0.29) is 47.6 Å².